The summed E-state index contributed by atoms with van der Waals surface area (Å²) in [4.78, 5) is 7.22. The number of likely N-dealkylation sites (tertiary alicyclic amines) is 1. The number of hydrogen-bond acceptors (Lipinski definition) is 2. The van der Waals surface area contributed by atoms with Crippen LogP contribution in [-0.4, -0.2) is 50.1 Å². The standard InChI is InChI=1S/C16H34N4/c1-5-9-20-10-7-15(8-11-20)13-19-16(17-6-2)18-12-14(3)4/h14-15H,5-13H2,1-4H3,(H2,17,18,19). The van der Waals surface area contributed by atoms with Gasteiger partial charge < -0.3 is 15.5 Å². The number of hydrogen-bond donors (Lipinski definition) is 2. The summed E-state index contributed by atoms with van der Waals surface area (Å²) in [7, 11) is 0. The lowest BCUT2D eigenvalue weighted by Gasteiger charge is -2.32. The fourth-order valence-corrected chi connectivity index (χ4v) is 2.59. The average Bonchev–Trinajstić information content (AvgIpc) is 2.44. The van der Waals surface area contributed by atoms with Gasteiger partial charge in [0, 0.05) is 19.6 Å². The molecule has 1 rings (SSSR count). The Morgan fingerprint density at radius 3 is 2.45 bits per heavy atom. The molecule has 20 heavy (non-hydrogen) atoms. The van der Waals surface area contributed by atoms with Gasteiger partial charge >= 0.3 is 0 Å². The van der Waals surface area contributed by atoms with Crippen LogP contribution in [0.5, 0.6) is 0 Å². The van der Waals surface area contributed by atoms with Gasteiger partial charge in [0.2, 0.25) is 0 Å². The molecule has 0 amide bonds. The first-order chi connectivity index (χ1) is 9.65. The quantitative estimate of drug-likeness (QED) is 0.556. The summed E-state index contributed by atoms with van der Waals surface area (Å²) >= 11 is 0. The highest BCUT2D eigenvalue weighted by Gasteiger charge is 2.18. The molecule has 0 aromatic heterocycles. The SMILES string of the molecule is CCCN1CCC(CNC(=NCC(C)C)NCC)CC1. The van der Waals surface area contributed by atoms with Gasteiger partial charge in [0.05, 0.1) is 0 Å². The van der Waals surface area contributed by atoms with Crippen molar-refractivity contribution in [2.24, 2.45) is 16.8 Å². The van der Waals surface area contributed by atoms with Crippen molar-refractivity contribution in [2.75, 3.05) is 39.3 Å². The molecule has 0 aromatic carbocycles. The van der Waals surface area contributed by atoms with E-state index in [1.807, 2.05) is 0 Å². The van der Waals surface area contributed by atoms with Crippen LogP contribution < -0.4 is 10.6 Å². The maximum absolute atomic E-state index is 4.63. The fourth-order valence-electron chi connectivity index (χ4n) is 2.59. The van der Waals surface area contributed by atoms with Crippen molar-refractivity contribution < 1.29 is 0 Å². The van der Waals surface area contributed by atoms with E-state index in [0.29, 0.717) is 5.92 Å². The van der Waals surface area contributed by atoms with Gasteiger partial charge in [-0.2, -0.15) is 0 Å². The van der Waals surface area contributed by atoms with Crippen molar-refractivity contribution in [1.29, 1.82) is 0 Å². The molecule has 4 nitrogen and oxygen atoms in total. The molecule has 1 aliphatic rings. The maximum atomic E-state index is 4.63. The van der Waals surface area contributed by atoms with Gasteiger partial charge in [0.15, 0.2) is 5.96 Å². The van der Waals surface area contributed by atoms with Gasteiger partial charge in [-0.15, -0.1) is 0 Å². The van der Waals surface area contributed by atoms with Crippen LogP contribution in [0.4, 0.5) is 0 Å². The Morgan fingerprint density at radius 1 is 1.20 bits per heavy atom. The van der Waals surface area contributed by atoms with E-state index in [2.05, 4.69) is 48.2 Å². The third-order valence-corrected chi connectivity index (χ3v) is 3.76. The summed E-state index contributed by atoms with van der Waals surface area (Å²) in [6.07, 6.45) is 3.91. The van der Waals surface area contributed by atoms with Crippen LogP contribution in [0.15, 0.2) is 4.99 Å². The summed E-state index contributed by atoms with van der Waals surface area (Å²) in [6.45, 7) is 15.5. The zero-order valence-electron chi connectivity index (χ0n) is 13.9. The lowest BCUT2D eigenvalue weighted by molar-refractivity contribution is 0.185. The first-order valence-electron chi connectivity index (χ1n) is 8.40. The smallest absolute Gasteiger partial charge is 0.191 e. The highest BCUT2D eigenvalue weighted by molar-refractivity contribution is 5.79. The predicted molar refractivity (Wildman–Crippen MR) is 88.3 cm³/mol. The van der Waals surface area contributed by atoms with Gasteiger partial charge in [-0.25, -0.2) is 0 Å². The van der Waals surface area contributed by atoms with Crippen LogP contribution in [0.3, 0.4) is 0 Å². The van der Waals surface area contributed by atoms with Gasteiger partial charge in [-0.1, -0.05) is 20.8 Å². The highest BCUT2D eigenvalue weighted by Crippen LogP contribution is 2.16. The van der Waals surface area contributed by atoms with Crippen molar-refractivity contribution in [3.05, 3.63) is 0 Å². The molecule has 0 aromatic rings. The van der Waals surface area contributed by atoms with E-state index < -0.39 is 0 Å². The molecule has 0 saturated carbocycles. The van der Waals surface area contributed by atoms with Crippen LogP contribution in [0.2, 0.25) is 0 Å². The zero-order valence-corrected chi connectivity index (χ0v) is 13.9. The molecule has 1 saturated heterocycles. The molecule has 0 bridgehead atoms. The summed E-state index contributed by atoms with van der Waals surface area (Å²) in [6, 6.07) is 0. The molecule has 0 spiro atoms. The Kier molecular flexibility index (Phi) is 8.67. The van der Waals surface area contributed by atoms with Crippen LogP contribution in [0, 0.1) is 11.8 Å². The van der Waals surface area contributed by atoms with Gasteiger partial charge in [-0.3, -0.25) is 4.99 Å². The van der Waals surface area contributed by atoms with Crippen LogP contribution in [0.25, 0.3) is 0 Å². The Hall–Kier alpha value is -0.770. The number of aliphatic imine (C=N–C) groups is 1. The van der Waals surface area contributed by atoms with Gasteiger partial charge in [0.1, 0.15) is 0 Å². The number of piperidine rings is 1. The van der Waals surface area contributed by atoms with E-state index in [1.165, 1.54) is 38.9 Å². The topological polar surface area (TPSA) is 39.7 Å². The fraction of sp³-hybridized carbons (Fsp3) is 0.938. The Balaban J connectivity index is 2.28. The minimum Gasteiger partial charge on any atom is -0.357 e. The summed E-state index contributed by atoms with van der Waals surface area (Å²) in [5, 5.41) is 6.85. The second-order valence-corrected chi connectivity index (χ2v) is 6.28. The van der Waals surface area contributed by atoms with Gasteiger partial charge in [0.25, 0.3) is 0 Å². The number of nitrogens with one attached hydrogen (secondary N) is 2. The zero-order chi connectivity index (χ0) is 14.8. The van der Waals surface area contributed by atoms with Crippen molar-refractivity contribution in [3.8, 4) is 0 Å². The maximum Gasteiger partial charge on any atom is 0.191 e. The molecule has 0 unspecified atom stereocenters. The number of guanidine groups is 1. The molecule has 4 heteroatoms. The molecular weight excluding hydrogens is 248 g/mol. The summed E-state index contributed by atoms with van der Waals surface area (Å²) in [5.41, 5.74) is 0. The van der Waals surface area contributed by atoms with E-state index >= 15 is 0 Å². The van der Waals surface area contributed by atoms with E-state index in [9.17, 15) is 0 Å². The molecule has 0 atom stereocenters. The van der Waals surface area contributed by atoms with Gasteiger partial charge in [-0.05, 0) is 57.7 Å². The first kappa shape index (κ1) is 17.3. The molecule has 1 aliphatic heterocycles. The first-order valence-corrected chi connectivity index (χ1v) is 8.40. The van der Waals surface area contributed by atoms with E-state index in [0.717, 1.165) is 31.5 Å². The lowest BCUT2D eigenvalue weighted by Crippen LogP contribution is -2.43. The highest BCUT2D eigenvalue weighted by atomic mass is 15.2. The van der Waals surface area contributed by atoms with Crippen LogP contribution in [0.1, 0.15) is 47.0 Å². The monoisotopic (exact) mass is 282 g/mol. The minimum absolute atomic E-state index is 0.614. The minimum atomic E-state index is 0.614. The van der Waals surface area contributed by atoms with Crippen molar-refractivity contribution >= 4 is 5.96 Å². The predicted octanol–water partition coefficient (Wildman–Crippen LogP) is 2.32. The number of nitrogens with zero attached hydrogens (tertiary/aromatic N) is 2. The van der Waals surface area contributed by atoms with E-state index in [1.54, 1.807) is 0 Å². The summed E-state index contributed by atoms with van der Waals surface area (Å²) < 4.78 is 0. The number of rotatable bonds is 7. The molecule has 0 aliphatic carbocycles. The third kappa shape index (κ3) is 7.13. The van der Waals surface area contributed by atoms with Crippen molar-refractivity contribution in [1.82, 2.24) is 15.5 Å². The van der Waals surface area contributed by atoms with E-state index in [4.69, 9.17) is 0 Å². The Labute approximate surface area is 125 Å². The molecule has 0 radical (unpaired) electrons. The van der Waals surface area contributed by atoms with Crippen LogP contribution >= 0.6 is 0 Å². The molecule has 1 heterocycles. The lowest BCUT2D eigenvalue weighted by atomic mass is 9.97. The largest absolute Gasteiger partial charge is 0.357 e. The molecule has 118 valence electrons. The Morgan fingerprint density at radius 2 is 1.90 bits per heavy atom. The second kappa shape index (κ2) is 10.0. The van der Waals surface area contributed by atoms with E-state index in [-0.39, 0.29) is 0 Å². The normalized spacial score (nSPS) is 18.6. The average molecular weight is 282 g/mol. The molecular formula is C16H34N4. The second-order valence-electron chi connectivity index (χ2n) is 6.28. The molecule has 2 N–H and O–H groups in total. The summed E-state index contributed by atoms with van der Waals surface area (Å²) in [5.74, 6) is 2.39. The van der Waals surface area contributed by atoms with Crippen LogP contribution in [-0.2, 0) is 0 Å². The molecule has 1 fully saturated rings. The third-order valence-electron chi connectivity index (χ3n) is 3.76. The van der Waals surface area contributed by atoms with Crippen molar-refractivity contribution in [2.45, 2.75) is 47.0 Å². The van der Waals surface area contributed by atoms with Crippen molar-refractivity contribution in [3.63, 3.8) is 0 Å². The Bertz CT molecular complexity index is 268.